The predicted octanol–water partition coefficient (Wildman–Crippen LogP) is 6.32. The van der Waals surface area contributed by atoms with Crippen molar-refractivity contribution in [1.82, 2.24) is 15.0 Å². The number of carbonyl (C=O) groups is 1. The smallest absolute Gasteiger partial charge is 0.478 e. The van der Waals surface area contributed by atoms with E-state index in [4.69, 9.17) is 9.51 Å². The number of para-hydroxylation sites is 1. The van der Waals surface area contributed by atoms with Crippen molar-refractivity contribution in [2.45, 2.75) is 56.5 Å². The first-order chi connectivity index (χ1) is 19.7. The third-order valence-corrected chi connectivity index (χ3v) is 9.25. The van der Waals surface area contributed by atoms with E-state index in [2.05, 4.69) is 19.7 Å². The summed E-state index contributed by atoms with van der Waals surface area (Å²) in [4.78, 5) is 21.0. The number of benzene rings is 2. The number of fused-ring (bicyclic) bond motifs is 3. The van der Waals surface area contributed by atoms with Gasteiger partial charge in [0, 0.05) is 48.8 Å². The van der Waals surface area contributed by atoms with E-state index in [1.165, 1.54) is 23.5 Å². The number of halogens is 3. The largest absolute Gasteiger partial charge is 0.573 e. The third-order valence-electron chi connectivity index (χ3n) is 8.22. The van der Waals surface area contributed by atoms with Crippen LogP contribution < -0.4 is 9.64 Å². The molecule has 2 unspecified atom stereocenters. The Balaban J connectivity index is 1.09. The average Bonchev–Trinajstić information content (AvgIpc) is 3.45. The van der Waals surface area contributed by atoms with E-state index >= 15 is 0 Å². The molecule has 4 heterocycles. The first-order valence-electron chi connectivity index (χ1n) is 13.7. The predicted molar refractivity (Wildman–Crippen MR) is 147 cm³/mol. The highest BCUT2D eigenvalue weighted by atomic mass is 32.1. The van der Waals surface area contributed by atoms with Gasteiger partial charge in [-0.25, -0.2) is 9.78 Å². The van der Waals surface area contributed by atoms with Crippen molar-refractivity contribution in [3.8, 4) is 17.0 Å². The Morgan fingerprint density at radius 3 is 2.56 bits per heavy atom. The molecule has 2 aromatic heterocycles. The normalized spacial score (nSPS) is 21.1. The molecule has 1 saturated carbocycles. The number of anilines is 1. The maximum Gasteiger partial charge on any atom is 0.573 e. The molecule has 1 N–H and O–H groups in total. The van der Waals surface area contributed by atoms with Gasteiger partial charge in [0.15, 0.2) is 5.13 Å². The van der Waals surface area contributed by atoms with Gasteiger partial charge >= 0.3 is 12.3 Å². The van der Waals surface area contributed by atoms with Crippen molar-refractivity contribution >= 4 is 32.7 Å². The standard InChI is InChI=1S/C29H27F3N4O4S/c30-29(31,32)39-23-4-2-1-3-20(23)25-21(26(40-34-25)16-5-6-16)11-12-35-14-18-8-9-19(15-35)36(18)28-33-22-10-7-17(27(37)38)13-24(22)41-28/h1-4,7,10,13,16,18-19H,5-6,8-9,11-12,14-15H2,(H,37,38). The molecule has 0 spiro atoms. The van der Waals surface area contributed by atoms with Crippen molar-refractivity contribution in [2.24, 2.45) is 0 Å². The molecule has 12 heteroatoms. The topological polar surface area (TPSA) is 91.9 Å². The lowest BCUT2D eigenvalue weighted by molar-refractivity contribution is -0.274. The first kappa shape index (κ1) is 26.3. The van der Waals surface area contributed by atoms with E-state index < -0.39 is 12.3 Å². The molecule has 2 atom stereocenters. The summed E-state index contributed by atoms with van der Waals surface area (Å²) >= 11 is 1.53. The summed E-state index contributed by atoms with van der Waals surface area (Å²) in [6.45, 7) is 2.43. The lowest BCUT2D eigenvalue weighted by Crippen LogP contribution is -2.54. The molecule has 7 rings (SSSR count). The van der Waals surface area contributed by atoms with Crippen LogP contribution >= 0.6 is 11.3 Å². The SMILES string of the molecule is O=C(O)c1ccc2nc(N3C4CCC3CN(CCc3c(-c5ccccc5OC(F)(F)F)noc3C3CC3)C4)sc2c1. The van der Waals surface area contributed by atoms with Gasteiger partial charge in [0.2, 0.25) is 0 Å². The van der Waals surface area contributed by atoms with Gasteiger partial charge in [0.05, 0.1) is 15.8 Å². The van der Waals surface area contributed by atoms with Gasteiger partial charge in [-0.15, -0.1) is 13.2 Å². The number of aromatic carboxylic acids is 1. The second-order valence-corrected chi connectivity index (χ2v) is 12.0. The van der Waals surface area contributed by atoms with Crippen molar-refractivity contribution < 1.29 is 32.3 Å². The summed E-state index contributed by atoms with van der Waals surface area (Å²) in [6.07, 6.45) is -0.122. The van der Waals surface area contributed by atoms with Crippen LogP contribution in [0.15, 0.2) is 47.0 Å². The molecule has 2 bridgehead atoms. The van der Waals surface area contributed by atoms with Gasteiger partial charge in [-0.05, 0) is 62.4 Å². The molecule has 41 heavy (non-hydrogen) atoms. The maximum absolute atomic E-state index is 13.1. The van der Waals surface area contributed by atoms with Crippen LogP contribution in [0.1, 0.15) is 53.3 Å². The fourth-order valence-electron chi connectivity index (χ4n) is 6.23. The lowest BCUT2D eigenvalue weighted by Gasteiger charge is -2.41. The van der Waals surface area contributed by atoms with Crippen LogP contribution in [0, 0.1) is 0 Å². The molecular formula is C29H27F3N4O4S. The number of carboxylic acids is 1. The van der Waals surface area contributed by atoms with Crippen LogP contribution in [0.5, 0.6) is 5.75 Å². The van der Waals surface area contributed by atoms with Crippen molar-refractivity contribution in [2.75, 3.05) is 24.5 Å². The number of aromatic nitrogens is 2. The molecule has 1 aliphatic carbocycles. The molecular weight excluding hydrogens is 557 g/mol. The molecule has 8 nitrogen and oxygen atoms in total. The Morgan fingerprint density at radius 1 is 1.10 bits per heavy atom. The highest BCUT2D eigenvalue weighted by Gasteiger charge is 2.42. The van der Waals surface area contributed by atoms with Gasteiger partial charge < -0.3 is 19.3 Å². The van der Waals surface area contributed by atoms with Gasteiger partial charge in [0.25, 0.3) is 0 Å². The molecule has 4 aromatic rings. The minimum Gasteiger partial charge on any atom is -0.478 e. The lowest BCUT2D eigenvalue weighted by atomic mass is 10.0. The Kier molecular flexibility index (Phi) is 6.42. The van der Waals surface area contributed by atoms with Crippen LogP contribution in [0.3, 0.4) is 0 Å². The molecule has 3 aliphatic rings. The summed E-state index contributed by atoms with van der Waals surface area (Å²) in [5.74, 6) is -0.197. The molecule has 2 saturated heterocycles. The van der Waals surface area contributed by atoms with E-state index in [1.807, 2.05) is 0 Å². The van der Waals surface area contributed by atoms with E-state index in [0.29, 0.717) is 24.2 Å². The Morgan fingerprint density at radius 2 is 1.85 bits per heavy atom. The van der Waals surface area contributed by atoms with E-state index in [-0.39, 0.29) is 22.8 Å². The van der Waals surface area contributed by atoms with Crippen LogP contribution in [0.25, 0.3) is 21.5 Å². The fourth-order valence-corrected chi connectivity index (χ4v) is 7.38. The number of nitrogens with zero attached hydrogens (tertiary/aromatic N) is 4. The zero-order chi connectivity index (χ0) is 28.3. The molecule has 2 aliphatic heterocycles. The Hall–Kier alpha value is -3.64. The molecule has 0 amide bonds. The highest BCUT2D eigenvalue weighted by Crippen LogP contribution is 2.46. The number of ether oxygens (including phenoxy) is 1. The Bertz CT molecular complexity index is 1600. The van der Waals surface area contributed by atoms with Crippen LogP contribution in [-0.2, 0) is 6.42 Å². The Labute approximate surface area is 237 Å². The second kappa shape index (κ2) is 10.0. The minimum absolute atomic E-state index is 0.256. The number of thiazole rings is 1. The minimum atomic E-state index is -4.81. The summed E-state index contributed by atoms with van der Waals surface area (Å²) < 4.78 is 50.2. The maximum atomic E-state index is 13.1. The number of carboxylic acid groups (broad SMARTS) is 1. The third kappa shape index (κ3) is 5.14. The van der Waals surface area contributed by atoms with Gasteiger partial charge in [-0.1, -0.05) is 28.6 Å². The van der Waals surface area contributed by atoms with Gasteiger partial charge in [0.1, 0.15) is 17.2 Å². The number of piperazine rings is 1. The van der Waals surface area contributed by atoms with Crippen molar-refractivity contribution in [3.05, 3.63) is 59.4 Å². The zero-order valence-corrected chi connectivity index (χ0v) is 22.7. The number of alkyl halides is 3. The zero-order valence-electron chi connectivity index (χ0n) is 21.9. The number of hydrogen-bond acceptors (Lipinski definition) is 8. The van der Waals surface area contributed by atoms with Crippen LogP contribution in [0.4, 0.5) is 18.3 Å². The summed E-state index contributed by atoms with van der Waals surface area (Å²) in [5.41, 5.74) is 2.62. The van der Waals surface area contributed by atoms with Gasteiger partial charge in [-0.3, -0.25) is 4.90 Å². The second-order valence-electron chi connectivity index (χ2n) is 11.0. The van der Waals surface area contributed by atoms with E-state index in [9.17, 15) is 23.1 Å². The van der Waals surface area contributed by atoms with Crippen LogP contribution in [-0.4, -0.2) is 64.2 Å². The summed E-state index contributed by atoms with van der Waals surface area (Å²) in [5, 5.41) is 14.5. The highest BCUT2D eigenvalue weighted by molar-refractivity contribution is 7.22. The molecule has 0 radical (unpaired) electrons. The summed E-state index contributed by atoms with van der Waals surface area (Å²) in [7, 11) is 0. The number of rotatable bonds is 8. The quantitative estimate of drug-likeness (QED) is 0.257. The van der Waals surface area contributed by atoms with E-state index in [1.54, 1.807) is 30.3 Å². The molecule has 214 valence electrons. The van der Waals surface area contributed by atoms with Crippen molar-refractivity contribution in [1.29, 1.82) is 0 Å². The van der Waals surface area contributed by atoms with Gasteiger partial charge in [-0.2, -0.15) is 0 Å². The van der Waals surface area contributed by atoms with E-state index in [0.717, 1.165) is 72.0 Å². The molecule has 2 aromatic carbocycles. The van der Waals surface area contributed by atoms with Crippen LogP contribution in [0.2, 0.25) is 0 Å². The number of hydrogen-bond donors (Lipinski definition) is 1. The summed E-state index contributed by atoms with van der Waals surface area (Å²) in [6, 6.07) is 11.7. The number of likely N-dealkylation sites (tertiary alicyclic amines) is 1. The monoisotopic (exact) mass is 584 g/mol. The van der Waals surface area contributed by atoms with Crippen molar-refractivity contribution in [3.63, 3.8) is 0 Å². The first-order valence-corrected chi connectivity index (χ1v) is 14.5. The molecule has 3 fully saturated rings. The fraction of sp³-hybridized carbons (Fsp3) is 0.414. The average molecular weight is 585 g/mol.